The average Bonchev–Trinajstić information content (AvgIpc) is 3.13. The molecule has 2 atom stereocenters. The number of thiophene rings is 1. The first-order chi connectivity index (χ1) is 12.5. The summed E-state index contributed by atoms with van der Waals surface area (Å²) in [4.78, 5) is 4.74. The van der Waals surface area contributed by atoms with Crippen LogP contribution < -0.4 is 20.4 Å². The third-order valence-corrected chi connectivity index (χ3v) is 6.46. The SMILES string of the molecule is Cc1ccccc1NC(=S)N[C@H](C)[C@@H](c1cccs1)[NH+]1CC[NH+](C)CC1. The minimum Gasteiger partial charge on any atom is -0.354 e. The predicted molar refractivity (Wildman–Crippen MR) is 114 cm³/mol. The van der Waals surface area contributed by atoms with Gasteiger partial charge in [0.1, 0.15) is 32.2 Å². The quantitative estimate of drug-likeness (QED) is 0.572. The zero-order valence-electron chi connectivity index (χ0n) is 15.8. The number of piperazine rings is 1. The molecule has 1 aliphatic heterocycles. The molecule has 3 rings (SSSR count). The molecule has 1 saturated heterocycles. The second kappa shape index (κ2) is 8.95. The molecule has 4 N–H and O–H groups in total. The van der Waals surface area contributed by atoms with Gasteiger partial charge < -0.3 is 20.4 Å². The first-order valence-corrected chi connectivity index (χ1v) is 10.7. The second-order valence-corrected chi connectivity index (χ2v) is 8.70. The van der Waals surface area contributed by atoms with Crippen LogP contribution in [0.15, 0.2) is 41.8 Å². The maximum atomic E-state index is 5.61. The van der Waals surface area contributed by atoms with Gasteiger partial charge in [-0.3, -0.25) is 0 Å². The molecule has 140 valence electrons. The summed E-state index contributed by atoms with van der Waals surface area (Å²) in [6.07, 6.45) is 0. The Morgan fingerprint density at radius 3 is 2.50 bits per heavy atom. The molecule has 0 unspecified atom stereocenters. The molecular weight excluding hydrogens is 360 g/mol. The summed E-state index contributed by atoms with van der Waals surface area (Å²) in [7, 11) is 2.29. The van der Waals surface area contributed by atoms with E-state index in [1.54, 1.807) is 9.80 Å². The number of hydrogen-bond donors (Lipinski definition) is 4. The van der Waals surface area contributed by atoms with E-state index in [1.807, 2.05) is 23.5 Å². The lowest BCUT2D eigenvalue weighted by atomic mass is 10.1. The summed E-state index contributed by atoms with van der Waals surface area (Å²) in [5.41, 5.74) is 2.27. The molecule has 2 aromatic rings. The van der Waals surface area contributed by atoms with Gasteiger partial charge >= 0.3 is 0 Å². The fraction of sp³-hybridized carbons (Fsp3) is 0.450. The van der Waals surface area contributed by atoms with Crippen molar-refractivity contribution < 1.29 is 9.80 Å². The lowest BCUT2D eigenvalue weighted by Gasteiger charge is -2.36. The van der Waals surface area contributed by atoms with Crippen molar-refractivity contribution in [1.82, 2.24) is 5.32 Å². The molecule has 1 aromatic carbocycles. The van der Waals surface area contributed by atoms with Gasteiger partial charge in [-0.05, 0) is 49.1 Å². The topological polar surface area (TPSA) is 32.9 Å². The van der Waals surface area contributed by atoms with Crippen molar-refractivity contribution in [2.45, 2.75) is 25.9 Å². The second-order valence-electron chi connectivity index (χ2n) is 7.31. The summed E-state index contributed by atoms with van der Waals surface area (Å²) in [6.45, 7) is 9.23. The van der Waals surface area contributed by atoms with Crippen LogP contribution in [0.1, 0.15) is 23.4 Å². The molecule has 0 saturated carbocycles. The Balaban J connectivity index is 1.68. The summed E-state index contributed by atoms with van der Waals surface area (Å²) in [5, 5.41) is 9.80. The third-order valence-electron chi connectivity index (χ3n) is 5.29. The normalized spacial score (nSPS) is 22.4. The van der Waals surface area contributed by atoms with Gasteiger partial charge in [-0.15, -0.1) is 11.3 Å². The monoisotopic (exact) mass is 390 g/mol. The van der Waals surface area contributed by atoms with Gasteiger partial charge in [-0.1, -0.05) is 24.3 Å². The maximum Gasteiger partial charge on any atom is 0.171 e. The van der Waals surface area contributed by atoms with Gasteiger partial charge in [0.2, 0.25) is 0 Å². The maximum absolute atomic E-state index is 5.61. The van der Waals surface area contributed by atoms with Crippen molar-refractivity contribution in [3.8, 4) is 0 Å². The molecule has 1 aliphatic rings. The standard InChI is InChI=1S/C20H28N4S2/c1-15-7-4-5-8-17(15)22-20(25)21-16(2)19(18-9-6-14-26-18)24-12-10-23(3)11-13-24/h4-9,14,16,19H,10-13H2,1-3H3,(H2,21,22,25)/p+2/t16-,19+/m1/s1. The first kappa shape index (κ1) is 19.3. The van der Waals surface area contributed by atoms with Crippen LogP contribution in [0.5, 0.6) is 0 Å². The van der Waals surface area contributed by atoms with Gasteiger partial charge in [-0.2, -0.15) is 0 Å². The molecule has 0 spiro atoms. The van der Waals surface area contributed by atoms with E-state index < -0.39 is 0 Å². The van der Waals surface area contributed by atoms with Crippen molar-refractivity contribution in [2.75, 3.05) is 38.5 Å². The molecule has 4 nitrogen and oxygen atoms in total. The Kier molecular flexibility index (Phi) is 6.64. The largest absolute Gasteiger partial charge is 0.354 e. The molecular formula is C20H30N4S2+2. The van der Waals surface area contributed by atoms with Gasteiger partial charge in [-0.25, -0.2) is 0 Å². The van der Waals surface area contributed by atoms with E-state index in [2.05, 4.69) is 61.2 Å². The smallest absolute Gasteiger partial charge is 0.171 e. The van der Waals surface area contributed by atoms with Gasteiger partial charge in [0.15, 0.2) is 5.11 Å². The number of rotatable bonds is 5. The fourth-order valence-corrected chi connectivity index (χ4v) is 5.02. The zero-order valence-corrected chi connectivity index (χ0v) is 17.5. The van der Waals surface area contributed by atoms with Gasteiger partial charge in [0.05, 0.1) is 18.0 Å². The van der Waals surface area contributed by atoms with E-state index in [9.17, 15) is 0 Å². The van der Waals surface area contributed by atoms with Crippen LogP contribution in [0, 0.1) is 6.92 Å². The fourth-order valence-electron chi connectivity index (χ4n) is 3.74. The highest BCUT2D eigenvalue weighted by Gasteiger charge is 2.34. The number of quaternary nitrogens is 2. The van der Waals surface area contributed by atoms with Crippen LogP contribution in [0.2, 0.25) is 0 Å². The van der Waals surface area contributed by atoms with E-state index in [1.165, 1.54) is 36.6 Å². The first-order valence-electron chi connectivity index (χ1n) is 9.37. The lowest BCUT2D eigenvalue weighted by molar-refractivity contribution is -1.02. The van der Waals surface area contributed by atoms with Crippen LogP contribution in [0.25, 0.3) is 0 Å². The van der Waals surface area contributed by atoms with Gasteiger partial charge in [0.25, 0.3) is 0 Å². The van der Waals surface area contributed by atoms with E-state index in [0.29, 0.717) is 11.2 Å². The molecule has 0 radical (unpaired) electrons. The highest BCUT2D eigenvalue weighted by molar-refractivity contribution is 7.80. The molecule has 0 aliphatic carbocycles. The number of aryl methyl sites for hydroxylation is 1. The van der Waals surface area contributed by atoms with Crippen LogP contribution in [0.4, 0.5) is 5.69 Å². The molecule has 0 bridgehead atoms. The number of nitrogens with one attached hydrogen (secondary N) is 4. The van der Waals surface area contributed by atoms with Crippen molar-refractivity contribution in [3.05, 3.63) is 52.2 Å². The Labute approximate surface area is 166 Å². The summed E-state index contributed by atoms with van der Waals surface area (Å²) >= 11 is 7.46. The van der Waals surface area contributed by atoms with E-state index in [0.717, 1.165) is 5.69 Å². The Morgan fingerprint density at radius 2 is 1.85 bits per heavy atom. The zero-order chi connectivity index (χ0) is 18.5. The molecule has 6 heteroatoms. The molecule has 2 heterocycles. The van der Waals surface area contributed by atoms with Gasteiger partial charge in [0, 0.05) is 5.69 Å². The predicted octanol–water partition coefficient (Wildman–Crippen LogP) is 0.886. The minimum absolute atomic E-state index is 0.270. The van der Waals surface area contributed by atoms with Crippen molar-refractivity contribution in [2.24, 2.45) is 0 Å². The summed E-state index contributed by atoms with van der Waals surface area (Å²) in [5.74, 6) is 0. The Hall–Kier alpha value is -1.47. The minimum atomic E-state index is 0.270. The number of likely N-dealkylation sites (N-methyl/N-ethyl adjacent to an activating group) is 1. The lowest BCUT2D eigenvalue weighted by Crippen LogP contribution is -3.27. The Morgan fingerprint density at radius 1 is 1.12 bits per heavy atom. The van der Waals surface area contributed by atoms with Crippen LogP contribution >= 0.6 is 23.6 Å². The van der Waals surface area contributed by atoms with E-state index in [-0.39, 0.29) is 6.04 Å². The summed E-state index contributed by atoms with van der Waals surface area (Å²) < 4.78 is 0. The number of benzene rings is 1. The Bertz CT molecular complexity index is 708. The number of hydrogen-bond acceptors (Lipinski definition) is 2. The van der Waals surface area contributed by atoms with Crippen LogP contribution in [0.3, 0.4) is 0 Å². The van der Waals surface area contributed by atoms with Crippen molar-refractivity contribution in [3.63, 3.8) is 0 Å². The third kappa shape index (κ3) is 4.82. The molecule has 1 fully saturated rings. The molecule has 26 heavy (non-hydrogen) atoms. The molecule has 0 amide bonds. The number of anilines is 1. The van der Waals surface area contributed by atoms with Crippen LogP contribution in [-0.4, -0.2) is 44.4 Å². The average molecular weight is 391 g/mol. The highest BCUT2D eigenvalue weighted by atomic mass is 32.1. The van der Waals surface area contributed by atoms with E-state index >= 15 is 0 Å². The number of thiocarbonyl (C=S) groups is 1. The summed E-state index contributed by atoms with van der Waals surface area (Å²) in [6, 6.07) is 13.4. The molecule has 1 aromatic heterocycles. The van der Waals surface area contributed by atoms with Crippen LogP contribution in [-0.2, 0) is 0 Å². The van der Waals surface area contributed by atoms with Crippen molar-refractivity contribution >= 4 is 34.4 Å². The highest BCUT2D eigenvalue weighted by Crippen LogP contribution is 2.20. The van der Waals surface area contributed by atoms with E-state index in [4.69, 9.17) is 12.2 Å². The number of para-hydroxylation sites is 1. The van der Waals surface area contributed by atoms with Crippen molar-refractivity contribution in [1.29, 1.82) is 0 Å².